The van der Waals surface area contributed by atoms with Gasteiger partial charge in [-0.2, -0.15) is 17.4 Å². The highest BCUT2D eigenvalue weighted by atomic mass is 32.2. The van der Waals surface area contributed by atoms with Crippen LogP contribution in [0.5, 0.6) is 11.5 Å². The van der Waals surface area contributed by atoms with Gasteiger partial charge in [-0.1, -0.05) is 0 Å². The second-order valence-electron chi connectivity index (χ2n) is 4.96. The van der Waals surface area contributed by atoms with Gasteiger partial charge in [0.25, 0.3) is 10.2 Å². The number of nitrogens with one attached hydrogen (secondary N) is 1. The molecular formula is C14H22N2O5S. The molecule has 124 valence electrons. The molecule has 0 aromatic heterocycles. The number of nitrogens with zero attached hydrogens (tertiary/aromatic N) is 1. The van der Waals surface area contributed by atoms with Gasteiger partial charge in [0.05, 0.1) is 27.4 Å². The first kappa shape index (κ1) is 17.0. The maximum atomic E-state index is 12.4. The molecule has 1 aromatic rings. The molecule has 1 heterocycles. The van der Waals surface area contributed by atoms with E-state index in [1.165, 1.54) is 4.31 Å². The molecule has 0 bridgehead atoms. The largest absolute Gasteiger partial charge is 0.497 e. The molecule has 22 heavy (non-hydrogen) atoms. The van der Waals surface area contributed by atoms with Gasteiger partial charge in [-0.25, -0.2) is 0 Å². The summed E-state index contributed by atoms with van der Waals surface area (Å²) in [6.45, 7) is 3.32. The monoisotopic (exact) mass is 330 g/mol. The number of morpholine rings is 1. The first-order valence-corrected chi connectivity index (χ1v) is 8.49. The average Bonchev–Trinajstić information content (AvgIpc) is 2.54. The Kier molecular flexibility index (Phi) is 5.63. The smallest absolute Gasteiger partial charge is 0.280 e. The van der Waals surface area contributed by atoms with E-state index < -0.39 is 16.3 Å². The Morgan fingerprint density at radius 1 is 1.23 bits per heavy atom. The lowest BCUT2D eigenvalue weighted by Crippen LogP contribution is -2.47. The van der Waals surface area contributed by atoms with Gasteiger partial charge in [-0.05, 0) is 25.1 Å². The van der Waals surface area contributed by atoms with Crippen LogP contribution in [-0.4, -0.2) is 53.2 Å². The van der Waals surface area contributed by atoms with Crippen LogP contribution in [0.25, 0.3) is 0 Å². The summed E-state index contributed by atoms with van der Waals surface area (Å²) in [6, 6.07) is 4.85. The van der Waals surface area contributed by atoms with E-state index in [-0.39, 0.29) is 0 Å². The number of hydrogen-bond acceptors (Lipinski definition) is 5. The Hall–Kier alpha value is -1.35. The van der Waals surface area contributed by atoms with E-state index in [2.05, 4.69) is 4.72 Å². The fourth-order valence-corrected chi connectivity index (χ4v) is 3.68. The first-order valence-electron chi connectivity index (χ1n) is 7.05. The zero-order valence-corrected chi connectivity index (χ0v) is 13.9. The Labute approximate surface area is 131 Å². The van der Waals surface area contributed by atoms with Crippen molar-refractivity contribution in [1.29, 1.82) is 0 Å². The normalized spacial score (nSPS) is 18.0. The SMILES string of the molecule is COc1ccc(OC)c([C@@H](C)NS(=O)(=O)N2CCOCC2)c1. The number of rotatable bonds is 6. The van der Waals surface area contributed by atoms with Crippen molar-refractivity contribution < 1.29 is 22.6 Å². The molecule has 2 rings (SSSR count). The predicted octanol–water partition coefficient (Wildman–Crippen LogP) is 0.931. The Bertz CT molecular complexity index is 599. The maximum Gasteiger partial charge on any atom is 0.280 e. The van der Waals surface area contributed by atoms with Crippen LogP contribution in [0, 0.1) is 0 Å². The molecule has 0 aliphatic carbocycles. The summed E-state index contributed by atoms with van der Waals surface area (Å²) < 4.78 is 44.6. The summed E-state index contributed by atoms with van der Waals surface area (Å²) in [5.41, 5.74) is 0.721. The van der Waals surface area contributed by atoms with Crippen LogP contribution in [0.3, 0.4) is 0 Å². The van der Waals surface area contributed by atoms with Crippen molar-refractivity contribution in [3.05, 3.63) is 23.8 Å². The van der Waals surface area contributed by atoms with Crippen LogP contribution in [0.4, 0.5) is 0 Å². The van der Waals surface area contributed by atoms with E-state index in [1.54, 1.807) is 39.3 Å². The summed E-state index contributed by atoms with van der Waals surface area (Å²) in [7, 11) is -0.455. The molecule has 0 amide bonds. The van der Waals surface area contributed by atoms with E-state index in [0.29, 0.717) is 37.8 Å². The second-order valence-corrected chi connectivity index (χ2v) is 6.67. The lowest BCUT2D eigenvalue weighted by molar-refractivity contribution is 0.0723. The number of ether oxygens (including phenoxy) is 3. The number of hydrogen-bond donors (Lipinski definition) is 1. The second kappa shape index (κ2) is 7.28. The zero-order chi connectivity index (χ0) is 16.2. The molecule has 0 unspecified atom stereocenters. The highest BCUT2D eigenvalue weighted by molar-refractivity contribution is 7.87. The van der Waals surface area contributed by atoms with Crippen LogP contribution in [-0.2, 0) is 14.9 Å². The van der Waals surface area contributed by atoms with Gasteiger partial charge in [-0.3, -0.25) is 0 Å². The molecule has 8 heteroatoms. The summed E-state index contributed by atoms with van der Waals surface area (Å²) in [4.78, 5) is 0. The Morgan fingerprint density at radius 2 is 1.91 bits per heavy atom. The van der Waals surface area contributed by atoms with E-state index in [1.807, 2.05) is 0 Å². The molecule has 0 spiro atoms. The van der Waals surface area contributed by atoms with Gasteiger partial charge >= 0.3 is 0 Å². The van der Waals surface area contributed by atoms with E-state index in [9.17, 15) is 8.42 Å². The van der Waals surface area contributed by atoms with E-state index in [0.717, 1.165) is 5.56 Å². The average molecular weight is 330 g/mol. The lowest BCUT2D eigenvalue weighted by Gasteiger charge is -2.28. The van der Waals surface area contributed by atoms with Gasteiger partial charge in [0.2, 0.25) is 0 Å². The summed E-state index contributed by atoms with van der Waals surface area (Å²) >= 11 is 0. The molecule has 7 nitrogen and oxygen atoms in total. The third-order valence-corrected chi connectivity index (χ3v) is 5.24. The lowest BCUT2D eigenvalue weighted by atomic mass is 10.1. The van der Waals surface area contributed by atoms with Crippen LogP contribution in [0.1, 0.15) is 18.5 Å². The van der Waals surface area contributed by atoms with Gasteiger partial charge in [0.1, 0.15) is 11.5 Å². The van der Waals surface area contributed by atoms with Crippen molar-refractivity contribution in [3.63, 3.8) is 0 Å². The van der Waals surface area contributed by atoms with Gasteiger partial charge in [0, 0.05) is 24.7 Å². The predicted molar refractivity (Wildman–Crippen MR) is 82.4 cm³/mol. The summed E-state index contributed by atoms with van der Waals surface area (Å²) in [5, 5.41) is 0. The van der Waals surface area contributed by atoms with E-state index in [4.69, 9.17) is 14.2 Å². The molecule has 1 atom stereocenters. The molecule has 1 aromatic carbocycles. The fourth-order valence-electron chi connectivity index (χ4n) is 2.33. The summed E-state index contributed by atoms with van der Waals surface area (Å²) in [6.07, 6.45) is 0. The highest BCUT2D eigenvalue weighted by Gasteiger charge is 2.27. The first-order chi connectivity index (χ1) is 10.5. The van der Waals surface area contributed by atoms with E-state index >= 15 is 0 Å². The van der Waals surface area contributed by atoms with Crippen molar-refractivity contribution in [2.24, 2.45) is 0 Å². The third-order valence-electron chi connectivity index (χ3n) is 3.54. The maximum absolute atomic E-state index is 12.4. The molecule has 1 N–H and O–H groups in total. The van der Waals surface area contributed by atoms with Crippen molar-refractivity contribution >= 4 is 10.2 Å². The van der Waals surface area contributed by atoms with Crippen LogP contribution in [0.15, 0.2) is 18.2 Å². The molecule has 0 radical (unpaired) electrons. The topological polar surface area (TPSA) is 77.1 Å². The minimum absolute atomic E-state index is 0.358. The third kappa shape index (κ3) is 3.89. The number of benzene rings is 1. The standard InChI is InChI=1S/C14H22N2O5S/c1-11(13-10-12(19-2)4-5-14(13)20-3)15-22(17,18)16-6-8-21-9-7-16/h4-5,10-11,15H,6-9H2,1-3H3/t11-/m1/s1. The molecular weight excluding hydrogens is 308 g/mol. The highest BCUT2D eigenvalue weighted by Crippen LogP contribution is 2.29. The minimum atomic E-state index is -3.57. The van der Waals surface area contributed by atoms with Crippen molar-refractivity contribution in [2.75, 3.05) is 40.5 Å². The quantitative estimate of drug-likeness (QED) is 0.840. The van der Waals surface area contributed by atoms with Crippen molar-refractivity contribution in [2.45, 2.75) is 13.0 Å². The minimum Gasteiger partial charge on any atom is -0.497 e. The molecule has 1 saturated heterocycles. The van der Waals surface area contributed by atoms with Crippen LogP contribution >= 0.6 is 0 Å². The molecule has 1 aliphatic rings. The Morgan fingerprint density at radius 3 is 2.50 bits per heavy atom. The van der Waals surface area contributed by atoms with Gasteiger partial charge in [0.15, 0.2) is 0 Å². The molecule has 1 aliphatic heterocycles. The fraction of sp³-hybridized carbons (Fsp3) is 0.571. The van der Waals surface area contributed by atoms with Crippen molar-refractivity contribution in [3.8, 4) is 11.5 Å². The Balaban J connectivity index is 2.18. The van der Waals surface area contributed by atoms with Gasteiger partial charge < -0.3 is 14.2 Å². The molecule has 0 saturated carbocycles. The zero-order valence-electron chi connectivity index (χ0n) is 13.0. The molecule has 1 fully saturated rings. The van der Waals surface area contributed by atoms with Crippen molar-refractivity contribution in [1.82, 2.24) is 9.03 Å². The van der Waals surface area contributed by atoms with Crippen LogP contribution in [0.2, 0.25) is 0 Å². The van der Waals surface area contributed by atoms with Gasteiger partial charge in [-0.15, -0.1) is 0 Å². The summed E-state index contributed by atoms with van der Waals surface area (Å²) in [5.74, 6) is 1.26. The van der Waals surface area contributed by atoms with Crippen LogP contribution < -0.4 is 14.2 Å². The number of methoxy groups -OCH3 is 2.